The summed E-state index contributed by atoms with van der Waals surface area (Å²) in [5.74, 6) is -1.94. The van der Waals surface area contributed by atoms with Crippen molar-refractivity contribution >= 4 is 11.7 Å². The molecule has 0 spiro atoms. The summed E-state index contributed by atoms with van der Waals surface area (Å²) in [5.41, 5.74) is 0.569. The van der Waals surface area contributed by atoms with Gasteiger partial charge in [-0.25, -0.2) is 9.97 Å². The lowest BCUT2D eigenvalue weighted by Crippen LogP contribution is -2.17. The Hall–Kier alpha value is -2.83. The van der Waals surface area contributed by atoms with Gasteiger partial charge in [0.1, 0.15) is 24.1 Å². The Morgan fingerprint density at radius 3 is 2.35 bits per heavy atom. The van der Waals surface area contributed by atoms with E-state index in [1.807, 2.05) is 18.2 Å². The maximum Gasteiger partial charge on any atom is 0.314 e. The smallest absolute Gasteiger partial charge is 0.314 e. The first-order valence-corrected chi connectivity index (χ1v) is 5.81. The van der Waals surface area contributed by atoms with Gasteiger partial charge in [0.05, 0.1) is 4.92 Å². The number of hydrogen-bond acceptors (Lipinski definition) is 5. The fourth-order valence-corrected chi connectivity index (χ4v) is 1.74. The minimum Gasteiger partial charge on any atom is -0.481 e. The van der Waals surface area contributed by atoms with Crippen LogP contribution in [0.5, 0.6) is 0 Å². The van der Waals surface area contributed by atoms with Crippen LogP contribution in [-0.4, -0.2) is 26.0 Å². The van der Waals surface area contributed by atoms with Gasteiger partial charge in [0.25, 0.3) is 0 Å². The molecule has 2 aromatic rings. The average molecular weight is 273 g/mol. The molecule has 0 amide bonds. The van der Waals surface area contributed by atoms with Gasteiger partial charge in [0, 0.05) is 0 Å². The van der Waals surface area contributed by atoms with Gasteiger partial charge in [-0.1, -0.05) is 30.3 Å². The minimum atomic E-state index is -1.07. The molecule has 1 aromatic carbocycles. The van der Waals surface area contributed by atoms with Gasteiger partial charge in [-0.15, -0.1) is 0 Å². The van der Waals surface area contributed by atoms with Crippen LogP contribution in [-0.2, 0) is 11.2 Å². The van der Waals surface area contributed by atoms with Crippen LogP contribution in [0.1, 0.15) is 17.3 Å². The molecule has 1 heterocycles. The molecule has 20 heavy (non-hydrogen) atoms. The van der Waals surface area contributed by atoms with E-state index < -0.39 is 16.8 Å². The summed E-state index contributed by atoms with van der Waals surface area (Å²) < 4.78 is 0. The lowest BCUT2D eigenvalue weighted by molar-refractivity contribution is -0.385. The molecule has 0 aliphatic heterocycles. The van der Waals surface area contributed by atoms with Crippen LogP contribution in [0.15, 0.2) is 42.7 Å². The zero-order valence-corrected chi connectivity index (χ0v) is 10.3. The van der Waals surface area contributed by atoms with Gasteiger partial charge in [0.2, 0.25) is 0 Å². The summed E-state index contributed by atoms with van der Waals surface area (Å²) in [6, 6.07) is 9.07. The van der Waals surface area contributed by atoms with Crippen LogP contribution >= 0.6 is 0 Å². The van der Waals surface area contributed by atoms with Crippen molar-refractivity contribution in [3.8, 4) is 0 Å². The number of carboxylic acids is 1. The number of hydrogen-bond donors (Lipinski definition) is 1. The number of nitrogens with zero attached hydrogens (tertiary/aromatic N) is 3. The summed E-state index contributed by atoms with van der Waals surface area (Å²) in [4.78, 5) is 28.8. The second-order valence-electron chi connectivity index (χ2n) is 4.14. The monoisotopic (exact) mass is 273 g/mol. The van der Waals surface area contributed by atoms with E-state index in [1.54, 1.807) is 12.1 Å². The molecule has 0 saturated heterocycles. The first kappa shape index (κ1) is 13.6. The molecular weight excluding hydrogens is 262 g/mol. The second kappa shape index (κ2) is 5.87. The molecule has 7 nitrogen and oxygen atoms in total. The molecule has 0 bridgehead atoms. The SMILES string of the molecule is O=C(O)C(Cc1ccccc1)c1ncc([N+](=O)[O-])cn1. The van der Waals surface area contributed by atoms with Gasteiger partial charge in [-0.2, -0.15) is 0 Å². The zero-order valence-electron chi connectivity index (χ0n) is 10.3. The molecular formula is C13H11N3O4. The van der Waals surface area contributed by atoms with Crippen LogP contribution in [0, 0.1) is 10.1 Å². The predicted octanol–water partition coefficient (Wildman–Crippen LogP) is 1.80. The fraction of sp³-hybridized carbons (Fsp3) is 0.154. The largest absolute Gasteiger partial charge is 0.481 e. The molecule has 1 N–H and O–H groups in total. The second-order valence-corrected chi connectivity index (χ2v) is 4.14. The van der Waals surface area contributed by atoms with E-state index in [9.17, 15) is 20.0 Å². The quantitative estimate of drug-likeness (QED) is 0.657. The Labute approximate surface area is 114 Å². The van der Waals surface area contributed by atoms with Crippen molar-refractivity contribution in [2.24, 2.45) is 0 Å². The van der Waals surface area contributed by atoms with E-state index in [-0.39, 0.29) is 17.9 Å². The highest BCUT2D eigenvalue weighted by Crippen LogP contribution is 2.19. The summed E-state index contributed by atoms with van der Waals surface area (Å²) in [6.45, 7) is 0. The Morgan fingerprint density at radius 1 is 1.25 bits per heavy atom. The molecule has 0 aliphatic rings. The van der Waals surface area contributed by atoms with Crippen LogP contribution in [0.3, 0.4) is 0 Å². The number of rotatable bonds is 5. The van der Waals surface area contributed by atoms with Gasteiger partial charge in [0.15, 0.2) is 0 Å². The summed E-state index contributed by atoms with van der Waals surface area (Å²) in [5, 5.41) is 19.8. The summed E-state index contributed by atoms with van der Waals surface area (Å²) in [7, 11) is 0. The maximum atomic E-state index is 11.3. The van der Waals surface area contributed by atoms with Crippen LogP contribution in [0.2, 0.25) is 0 Å². The van der Waals surface area contributed by atoms with Gasteiger partial charge in [-0.05, 0) is 12.0 Å². The number of benzene rings is 1. The highest BCUT2D eigenvalue weighted by Gasteiger charge is 2.24. The van der Waals surface area contributed by atoms with Crippen molar-refractivity contribution in [1.82, 2.24) is 9.97 Å². The Bertz CT molecular complexity index is 613. The van der Waals surface area contributed by atoms with E-state index >= 15 is 0 Å². The van der Waals surface area contributed by atoms with Gasteiger partial charge < -0.3 is 5.11 Å². The lowest BCUT2D eigenvalue weighted by Gasteiger charge is -2.10. The van der Waals surface area contributed by atoms with Crippen molar-refractivity contribution in [2.45, 2.75) is 12.3 Å². The third-order valence-corrected chi connectivity index (χ3v) is 2.76. The number of carbonyl (C=O) groups is 1. The Balaban J connectivity index is 2.25. The topological polar surface area (TPSA) is 106 Å². The van der Waals surface area contributed by atoms with Crippen LogP contribution in [0.25, 0.3) is 0 Å². The Morgan fingerprint density at radius 2 is 1.85 bits per heavy atom. The first-order chi connectivity index (χ1) is 9.58. The number of nitro groups is 1. The van der Waals surface area contributed by atoms with E-state index in [0.717, 1.165) is 18.0 Å². The molecule has 1 unspecified atom stereocenters. The average Bonchev–Trinajstić information content (AvgIpc) is 2.45. The third kappa shape index (κ3) is 3.14. The predicted molar refractivity (Wildman–Crippen MR) is 69.2 cm³/mol. The molecule has 0 fully saturated rings. The summed E-state index contributed by atoms with van der Waals surface area (Å²) in [6.07, 6.45) is 2.26. The number of carboxylic acid groups (broad SMARTS) is 1. The molecule has 0 aliphatic carbocycles. The molecule has 1 atom stereocenters. The van der Waals surface area contributed by atoms with Crippen LogP contribution in [0.4, 0.5) is 5.69 Å². The zero-order chi connectivity index (χ0) is 14.5. The number of aliphatic carboxylic acids is 1. The lowest BCUT2D eigenvalue weighted by atomic mass is 9.98. The molecule has 1 aromatic heterocycles. The highest BCUT2D eigenvalue weighted by molar-refractivity contribution is 5.75. The number of aromatic nitrogens is 2. The van der Waals surface area contributed by atoms with Crippen molar-refractivity contribution < 1.29 is 14.8 Å². The van der Waals surface area contributed by atoms with Crippen LogP contribution < -0.4 is 0 Å². The van der Waals surface area contributed by atoms with Crippen molar-refractivity contribution in [3.63, 3.8) is 0 Å². The first-order valence-electron chi connectivity index (χ1n) is 5.81. The summed E-state index contributed by atoms with van der Waals surface area (Å²) >= 11 is 0. The van der Waals surface area contributed by atoms with E-state index in [4.69, 9.17) is 0 Å². The fourth-order valence-electron chi connectivity index (χ4n) is 1.74. The van der Waals surface area contributed by atoms with Gasteiger partial charge >= 0.3 is 11.7 Å². The third-order valence-electron chi connectivity index (χ3n) is 2.76. The minimum absolute atomic E-state index is 0.0620. The van der Waals surface area contributed by atoms with Crippen molar-refractivity contribution in [1.29, 1.82) is 0 Å². The highest BCUT2D eigenvalue weighted by atomic mass is 16.6. The maximum absolute atomic E-state index is 11.3. The van der Waals surface area contributed by atoms with E-state index in [0.29, 0.717) is 0 Å². The molecule has 2 rings (SSSR count). The van der Waals surface area contributed by atoms with Crippen molar-refractivity contribution in [2.75, 3.05) is 0 Å². The standard InChI is InChI=1S/C13H11N3O4/c17-13(18)11(6-9-4-2-1-3-5-9)12-14-7-10(8-15-12)16(19)20/h1-5,7-8,11H,6H2,(H,17,18). The van der Waals surface area contributed by atoms with E-state index in [1.165, 1.54) is 0 Å². The van der Waals surface area contributed by atoms with E-state index in [2.05, 4.69) is 9.97 Å². The normalized spacial score (nSPS) is 11.8. The molecule has 0 saturated carbocycles. The molecule has 0 radical (unpaired) electrons. The van der Waals surface area contributed by atoms with Gasteiger partial charge in [-0.3, -0.25) is 14.9 Å². The Kier molecular flexibility index (Phi) is 3.99. The molecule has 7 heteroatoms. The van der Waals surface area contributed by atoms with Crippen molar-refractivity contribution in [3.05, 3.63) is 64.2 Å². The molecule has 102 valence electrons.